The van der Waals surface area contributed by atoms with Gasteiger partial charge in [-0.15, -0.1) is 0 Å². The van der Waals surface area contributed by atoms with E-state index in [-0.39, 0.29) is 30.8 Å². The highest BCUT2D eigenvalue weighted by molar-refractivity contribution is 5.95. The number of nitrogens with zero attached hydrogens (tertiary/aromatic N) is 2. The Labute approximate surface area is 162 Å². The number of benzene rings is 2. The molecule has 4 rings (SSSR count). The summed E-state index contributed by atoms with van der Waals surface area (Å²) < 4.78 is 24.8. The maximum Gasteiger partial charge on any atom is 0.260 e. The molecular formula is C21H21FN2O4. The van der Waals surface area contributed by atoms with Crippen molar-refractivity contribution in [3.05, 3.63) is 60.4 Å². The predicted octanol–water partition coefficient (Wildman–Crippen LogP) is 2.24. The fourth-order valence-electron chi connectivity index (χ4n) is 3.65. The van der Waals surface area contributed by atoms with Crippen LogP contribution in [0.2, 0.25) is 0 Å². The summed E-state index contributed by atoms with van der Waals surface area (Å²) >= 11 is 0. The highest BCUT2D eigenvalue weighted by Crippen LogP contribution is 2.32. The summed E-state index contributed by atoms with van der Waals surface area (Å²) in [6.07, 6.45) is 0.634. The number of hydrogen-bond donors (Lipinski definition) is 0. The molecule has 2 aromatic rings. The number of amides is 2. The van der Waals surface area contributed by atoms with Crippen LogP contribution in [-0.4, -0.2) is 55.2 Å². The number of hydrogen-bond acceptors (Lipinski definition) is 4. The van der Waals surface area contributed by atoms with Crippen LogP contribution in [0.3, 0.4) is 0 Å². The van der Waals surface area contributed by atoms with E-state index in [4.69, 9.17) is 9.47 Å². The van der Waals surface area contributed by atoms with Crippen LogP contribution in [0.4, 0.5) is 10.1 Å². The summed E-state index contributed by atoms with van der Waals surface area (Å²) in [5.74, 6) is -0.767. The molecule has 0 bridgehead atoms. The second-order valence-corrected chi connectivity index (χ2v) is 7.07. The smallest absolute Gasteiger partial charge is 0.260 e. The molecule has 1 spiro atoms. The molecule has 0 aromatic heterocycles. The van der Waals surface area contributed by atoms with Gasteiger partial charge in [0.15, 0.2) is 18.2 Å². The molecule has 2 heterocycles. The average molecular weight is 384 g/mol. The van der Waals surface area contributed by atoms with Crippen molar-refractivity contribution in [2.45, 2.75) is 12.0 Å². The number of rotatable bonds is 4. The Morgan fingerprint density at radius 1 is 1.11 bits per heavy atom. The molecule has 0 saturated carbocycles. The Bertz CT molecular complexity index is 876. The first-order valence-corrected chi connectivity index (χ1v) is 9.21. The molecule has 0 N–H and O–H groups in total. The van der Waals surface area contributed by atoms with Gasteiger partial charge in [0.05, 0.1) is 13.1 Å². The third-order valence-corrected chi connectivity index (χ3v) is 5.17. The number of carbonyl (C=O) groups excluding carboxylic acids is 2. The van der Waals surface area contributed by atoms with Gasteiger partial charge in [-0.1, -0.05) is 30.3 Å². The van der Waals surface area contributed by atoms with Gasteiger partial charge in [-0.2, -0.15) is 0 Å². The van der Waals surface area contributed by atoms with Gasteiger partial charge >= 0.3 is 0 Å². The van der Waals surface area contributed by atoms with Crippen molar-refractivity contribution >= 4 is 17.5 Å². The quantitative estimate of drug-likeness (QED) is 0.811. The normalized spacial score (nSPS) is 22.0. The molecule has 2 aliphatic rings. The summed E-state index contributed by atoms with van der Waals surface area (Å²) in [6, 6.07) is 15.4. The largest absolute Gasteiger partial charge is 0.481 e. The number of ether oxygens (including phenoxy) is 2. The molecule has 6 nitrogen and oxygen atoms in total. The molecule has 2 saturated heterocycles. The zero-order valence-corrected chi connectivity index (χ0v) is 15.3. The molecule has 7 heteroatoms. The number of anilines is 1. The highest BCUT2D eigenvalue weighted by Gasteiger charge is 2.46. The summed E-state index contributed by atoms with van der Waals surface area (Å²) in [5, 5.41) is 0. The van der Waals surface area contributed by atoms with Crippen molar-refractivity contribution < 1.29 is 23.5 Å². The van der Waals surface area contributed by atoms with Crippen LogP contribution in [0.1, 0.15) is 6.42 Å². The van der Waals surface area contributed by atoms with Crippen molar-refractivity contribution in [3.63, 3.8) is 0 Å². The molecule has 2 aromatic carbocycles. The first-order chi connectivity index (χ1) is 13.6. The molecule has 1 unspecified atom stereocenters. The van der Waals surface area contributed by atoms with Crippen molar-refractivity contribution in [1.29, 1.82) is 0 Å². The summed E-state index contributed by atoms with van der Waals surface area (Å²) in [6.45, 7) is 1.04. The maximum atomic E-state index is 13.6. The molecule has 0 radical (unpaired) electrons. The highest BCUT2D eigenvalue weighted by atomic mass is 19.1. The first kappa shape index (κ1) is 18.4. The number of likely N-dealkylation sites (tertiary alicyclic amines) is 1. The third-order valence-electron chi connectivity index (χ3n) is 5.17. The number of para-hydroxylation sites is 2. The van der Waals surface area contributed by atoms with Gasteiger partial charge in [-0.25, -0.2) is 4.39 Å². The summed E-state index contributed by atoms with van der Waals surface area (Å²) in [4.78, 5) is 28.2. The minimum atomic E-state index is -0.586. The van der Waals surface area contributed by atoms with E-state index < -0.39 is 11.4 Å². The van der Waals surface area contributed by atoms with Crippen molar-refractivity contribution in [1.82, 2.24) is 4.90 Å². The van der Waals surface area contributed by atoms with Crippen LogP contribution in [0.15, 0.2) is 54.6 Å². The molecule has 0 aliphatic carbocycles. The second-order valence-electron chi connectivity index (χ2n) is 7.07. The number of morpholine rings is 1. The lowest BCUT2D eigenvalue weighted by Crippen LogP contribution is -2.56. The zero-order valence-electron chi connectivity index (χ0n) is 15.3. The lowest BCUT2D eigenvalue weighted by molar-refractivity contribution is -0.140. The van der Waals surface area contributed by atoms with Crippen LogP contribution < -0.4 is 9.64 Å². The Hall–Kier alpha value is -2.93. The van der Waals surface area contributed by atoms with Crippen LogP contribution in [0.25, 0.3) is 0 Å². The van der Waals surface area contributed by atoms with E-state index in [1.165, 1.54) is 12.1 Å². The summed E-state index contributed by atoms with van der Waals surface area (Å²) in [5.41, 5.74) is 0.236. The fourth-order valence-corrected chi connectivity index (χ4v) is 3.65. The SMILES string of the molecule is O=C(COc1ccccc1F)N1CCC2(C1)CN(c1ccccc1)C(=O)CO2. The Morgan fingerprint density at radius 3 is 2.64 bits per heavy atom. The van der Waals surface area contributed by atoms with Gasteiger partial charge in [0.1, 0.15) is 12.2 Å². The monoisotopic (exact) mass is 384 g/mol. The first-order valence-electron chi connectivity index (χ1n) is 9.21. The molecule has 28 heavy (non-hydrogen) atoms. The number of carbonyl (C=O) groups is 2. The standard InChI is InChI=1S/C21H21FN2O4/c22-17-8-4-5-9-18(17)27-12-19(25)23-11-10-21(14-23)15-24(20(26)13-28-21)16-6-2-1-3-7-16/h1-9H,10-15H2. The van der Waals surface area contributed by atoms with Crippen LogP contribution in [0, 0.1) is 5.82 Å². The van der Waals surface area contributed by atoms with Crippen LogP contribution in [0.5, 0.6) is 5.75 Å². The van der Waals surface area contributed by atoms with Gasteiger partial charge in [0, 0.05) is 12.2 Å². The van der Waals surface area contributed by atoms with Gasteiger partial charge in [-0.05, 0) is 30.7 Å². The Balaban J connectivity index is 1.39. The minimum Gasteiger partial charge on any atom is -0.481 e. The number of halogens is 1. The van der Waals surface area contributed by atoms with E-state index in [0.29, 0.717) is 26.1 Å². The lowest BCUT2D eigenvalue weighted by Gasteiger charge is -2.40. The Kier molecular flexibility index (Phi) is 5.00. The lowest BCUT2D eigenvalue weighted by atomic mass is 10.00. The molecule has 146 valence electrons. The predicted molar refractivity (Wildman–Crippen MR) is 101 cm³/mol. The van der Waals surface area contributed by atoms with Gasteiger partial charge < -0.3 is 19.3 Å². The van der Waals surface area contributed by atoms with Gasteiger partial charge in [0.25, 0.3) is 11.8 Å². The maximum absolute atomic E-state index is 13.6. The average Bonchev–Trinajstić information content (AvgIpc) is 3.14. The van der Waals surface area contributed by atoms with Crippen molar-refractivity contribution in [2.75, 3.05) is 37.7 Å². The van der Waals surface area contributed by atoms with Crippen LogP contribution >= 0.6 is 0 Å². The fraction of sp³-hybridized carbons (Fsp3) is 0.333. The van der Waals surface area contributed by atoms with Crippen LogP contribution in [-0.2, 0) is 14.3 Å². The molecule has 1 atom stereocenters. The van der Waals surface area contributed by atoms with Crippen molar-refractivity contribution in [3.8, 4) is 5.75 Å². The van der Waals surface area contributed by atoms with E-state index in [9.17, 15) is 14.0 Å². The van der Waals surface area contributed by atoms with E-state index in [1.807, 2.05) is 30.3 Å². The van der Waals surface area contributed by atoms with Gasteiger partial charge in [-0.3, -0.25) is 9.59 Å². The molecule has 2 fully saturated rings. The van der Waals surface area contributed by atoms with E-state index in [1.54, 1.807) is 21.9 Å². The minimum absolute atomic E-state index is 0.0113. The van der Waals surface area contributed by atoms with Crippen molar-refractivity contribution in [2.24, 2.45) is 0 Å². The molecule has 2 aliphatic heterocycles. The zero-order chi connectivity index (χ0) is 19.6. The second kappa shape index (κ2) is 7.59. The Morgan fingerprint density at radius 2 is 1.86 bits per heavy atom. The van der Waals surface area contributed by atoms with E-state index in [2.05, 4.69) is 0 Å². The summed E-state index contributed by atoms with van der Waals surface area (Å²) in [7, 11) is 0. The van der Waals surface area contributed by atoms with E-state index in [0.717, 1.165) is 5.69 Å². The topological polar surface area (TPSA) is 59.1 Å². The van der Waals surface area contributed by atoms with E-state index >= 15 is 0 Å². The third kappa shape index (κ3) is 3.71. The molecule has 2 amide bonds. The molecular weight excluding hydrogens is 363 g/mol. The van der Waals surface area contributed by atoms with Gasteiger partial charge in [0.2, 0.25) is 0 Å².